The Morgan fingerprint density at radius 1 is 0.828 bits per heavy atom. The van der Waals surface area contributed by atoms with Crippen LogP contribution in [0, 0.1) is 11.3 Å². The average Bonchev–Trinajstić information content (AvgIpc) is 2.75. The second-order valence-electron chi connectivity index (χ2n) is 8.26. The van der Waals surface area contributed by atoms with E-state index in [1.54, 1.807) is 0 Å². The van der Waals surface area contributed by atoms with Gasteiger partial charge in [-0.15, -0.1) is 0 Å². The van der Waals surface area contributed by atoms with Crippen molar-refractivity contribution in [2.45, 2.75) is 27.7 Å². The molecule has 0 N–H and O–H groups in total. The summed E-state index contributed by atoms with van der Waals surface area (Å²) in [6.45, 7) is 9.64. The van der Waals surface area contributed by atoms with Crippen LogP contribution in [0.4, 0.5) is 5.69 Å². The molecule has 0 aliphatic carbocycles. The van der Waals surface area contributed by atoms with E-state index in [0.717, 1.165) is 28.1 Å². The van der Waals surface area contributed by atoms with Crippen molar-refractivity contribution in [2.75, 3.05) is 6.61 Å². The molecule has 0 radical (unpaired) electrons. The van der Waals surface area contributed by atoms with Gasteiger partial charge >= 0.3 is 0 Å². The van der Waals surface area contributed by atoms with Crippen LogP contribution in [0.1, 0.15) is 38.8 Å². The van der Waals surface area contributed by atoms with Crippen LogP contribution in [0.3, 0.4) is 0 Å². The molecule has 0 spiro atoms. The van der Waals surface area contributed by atoms with Gasteiger partial charge in [-0.2, -0.15) is 0 Å². The highest BCUT2D eigenvalue weighted by Crippen LogP contribution is 2.28. The maximum absolute atomic E-state index is 6.05. The summed E-state index contributed by atoms with van der Waals surface area (Å²) < 4.78 is 6.05. The molecule has 3 rings (SSSR count). The fourth-order valence-corrected chi connectivity index (χ4v) is 2.68. The molecule has 0 saturated heterocycles. The monoisotopic (exact) mass is 383 g/mol. The second kappa shape index (κ2) is 9.41. The zero-order valence-corrected chi connectivity index (χ0v) is 17.7. The molecule has 0 atom stereocenters. The van der Waals surface area contributed by atoms with Crippen molar-refractivity contribution >= 4 is 17.1 Å². The van der Waals surface area contributed by atoms with Crippen LogP contribution in [-0.4, -0.2) is 12.5 Å². The Kier molecular flexibility index (Phi) is 6.69. The third-order valence-electron chi connectivity index (χ3n) is 5.43. The number of benzene rings is 3. The molecular formula is C27H29NO. The van der Waals surface area contributed by atoms with E-state index in [1.165, 1.54) is 0 Å². The molecule has 2 heteroatoms. The highest BCUT2D eigenvalue weighted by atomic mass is 16.5. The number of rotatable bonds is 7. The van der Waals surface area contributed by atoms with Gasteiger partial charge in [0.2, 0.25) is 0 Å². The van der Waals surface area contributed by atoms with E-state index in [2.05, 4.69) is 62.8 Å². The van der Waals surface area contributed by atoms with E-state index in [0.29, 0.717) is 12.5 Å². The maximum atomic E-state index is 6.05. The van der Waals surface area contributed by atoms with Crippen LogP contribution in [0.5, 0.6) is 5.75 Å². The van der Waals surface area contributed by atoms with Crippen molar-refractivity contribution < 1.29 is 4.74 Å². The molecule has 29 heavy (non-hydrogen) atoms. The lowest BCUT2D eigenvalue weighted by atomic mass is 9.82. The summed E-state index contributed by atoms with van der Waals surface area (Å²) in [5, 5.41) is 0. The zero-order valence-electron chi connectivity index (χ0n) is 17.7. The Morgan fingerprint density at radius 3 is 1.97 bits per heavy atom. The summed E-state index contributed by atoms with van der Waals surface area (Å²) in [5.74, 6) is 4.70. The molecule has 2 nitrogen and oxygen atoms in total. The first-order valence-corrected chi connectivity index (χ1v) is 10.1. The highest BCUT2D eigenvalue weighted by molar-refractivity contribution is 5.99. The van der Waals surface area contributed by atoms with Crippen LogP contribution < -0.4 is 4.74 Å². The Labute approximate surface area is 174 Å². The molecular weight excluding hydrogens is 354 g/mol. The van der Waals surface area contributed by atoms with Gasteiger partial charge in [0.15, 0.2) is 0 Å². The third kappa shape index (κ3) is 5.70. The summed E-state index contributed by atoms with van der Waals surface area (Å²) in [5.41, 5.74) is 4.13. The number of hydrogen-bond acceptors (Lipinski definition) is 2. The molecule has 148 valence electrons. The Balaban J connectivity index is 1.88. The first-order chi connectivity index (χ1) is 14.0. The average molecular weight is 384 g/mol. The van der Waals surface area contributed by atoms with Crippen molar-refractivity contribution in [1.29, 1.82) is 0 Å². The predicted octanol–water partition coefficient (Wildman–Crippen LogP) is 7.18. The standard InChI is InChI=1S/C27H29NO/c1-21(2)27(3,4)20-29-25-17-15-23(16-18-25)26(22-11-7-5-8-12-22)19-28-24-13-9-6-10-14-24/h5-18,21H,20H2,1-4H3. The molecule has 0 aliphatic rings. The molecule has 0 unspecified atom stereocenters. The minimum absolute atomic E-state index is 0.135. The van der Waals surface area contributed by atoms with Gasteiger partial charge in [-0.1, -0.05) is 76.2 Å². The molecule has 0 amide bonds. The molecule has 0 aliphatic heterocycles. The topological polar surface area (TPSA) is 21.6 Å². The zero-order chi connectivity index (χ0) is 20.7. The van der Waals surface area contributed by atoms with Crippen LogP contribution in [0.2, 0.25) is 0 Å². The normalized spacial score (nSPS) is 11.1. The molecule has 0 bridgehead atoms. The minimum Gasteiger partial charge on any atom is -0.493 e. The second-order valence-corrected chi connectivity index (χ2v) is 8.26. The van der Waals surface area contributed by atoms with Crippen LogP contribution in [-0.2, 0) is 0 Å². The molecule has 3 aromatic carbocycles. The van der Waals surface area contributed by atoms with Crippen molar-refractivity contribution in [2.24, 2.45) is 16.3 Å². The van der Waals surface area contributed by atoms with Gasteiger partial charge in [-0.25, -0.2) is 4.99 Å². The maximum Gasteiger partial charge on any atom is 0.119 e. The molecule has 0 fully saturated rings. The Bertz CT molecular complexity index is 964. The number of ether oxygens (including phenoxy) is 1. The van der Waals surface area contributed by atoms with Gasteiger partial charge in [0.1, 0.15) is 5.75 Å². The third-order valence-corrected chi connectivity index (χ3v) is 5.43. The molecule has 3 aromatic rings. The van der Waals surface area contributed by atoms with E-state index < -0.39 is 0 Å². The van der Waals surface area contributed by atoms with E-state index >= 15 is 0 Å². The molecule has 0 aromatic heterocycles. The minimum atomic E-state index is 0.135. The predicted molar refractivity (Wildman–Crippen MR) is 123 cm³/mol. The molecule has 0 saturated carbocycles. The van der Waals surface area contributed by atoms with Crippen molar-refractivity contribution in [3.8, 4) is 5.75 Å². The van der Waals surface area contributed by atoms with E-state index in [4.69, 9.17) is 4.74 Å². The summed E-state index contributed by atoms with van der Waals surface area (Å²) in [6.07, 6.45) is 0. The van der Waals surface area contributed by atoms with Crippen molar-refractivity contribution in [3.63, 3.8) is 0 Å². The largest absolute Gasteiger partial charge is 0.493 e. The summed E-state index contributed by atoms with van der Waals surface area (Å²) >= 11 is 0. The van der Waals surface area contributed by atoms with Crippen molar-refractivity contribution in [1.82, 2.24) is 0 Å². The Morgan fingerprint density at radius 2 is 1.38 bits per heavy atom. The lowest BCUT2D eigenvalue weighted by molar-refractivity contribution is 0.130. The number of nitrogens with zero attached hydrogens (tertiary/aromatic N) is 1. The lowest BCUT2D eigenvalue weighted by Crippen LogP contribution is -2.27. The van der Waals surface area contributed by atoms with E-state index in [-0.39, 0.29) is 5.41 Å². The van der Waals surface area contributed by atoms with Gasteiger partial charge in [0.25, 0.3) is 0 Å². The van der Waals surface area contributed by atoms with E-state index in [1.807, 2.05) is 60.7 Å². The smallest absolute Gasteiger partial charge is 0.119 e. The summed E-state index contributed by atoms with van der Waals surface area (Å²) in [4.78, 5) is 4.55. The molecule has 0 heterocycles. The highest BCUT2D eigenvalue weighted by Gasteiger charge is 2.23. The van der Waals surface area contributed by atoms with Gasteiger partial charge < -0.3 is 4.74 Å². The van der Waals surface area contributed by atoms with Gasteiger partial charge in [0, 0.05) is 5.41 Å². The SMILES string of the molecule is CC(C)C(C)(C)COc1ccc(C(=C=Nc2ccccc2)c2ccccc2)cc1. The summed E-state index contributed by atoms with van der Waals surface area (Å²) in [7, 11) is 0. The number of aliphatic imine (C=N–C) groups is 1. The number of hydrogen-bond donors (Lipinski definition) is 0. The van der Waals surface area contributed by atoms with Crippen LogP contribution in [0.15, 0.2) is 89.9 Å². The fraction of sp³-hybridized carbons (Fsp3) is 0.259. The quantitative estimate of drug-likeness (QED) is 0.396. The summed E-state index contributed by atoms with van der Waals surface area (Å²) in [6, 6.07) is 28.3. The van der Waals surface area contributed by atoms with Gasteiger partial charge in [-0.3, -0.25) is 0 Å². The van der Waals surface area contributed by atoms with Crippen molar-refractivity contribution in [3.05, 3.63) is 96.1 Å². The van der Waals surface area contributed by atoms with E-state index in [9.17, 15) is 0 Å². The van der Waals surface area contributed by atoms with Gasteiger partial charge in [0.05, 0.1) is 17.9 Å². The first kappa shape index (κ1) is 20.6. The first-order valence-electron chi connectivity index (χ1n) is 10.1. The van der Waals surface area contributed by atoms with Gasteiger partial charge in [-0.05, 0) is 59.3 Å². The van der Waals surface area contributed by atoms with Crippen LogP contribution >= 0.6 is 0 Å². The fourth-order valence-electron chi connectivity index (χ4n) is 2.68. The number of para-hydroxylation sites is 1. The van der Waals surface area contributed by atoms with Crippen LogP contribution in [0.25, 0.3) is 5.57 Å². The lowest BCUT2D eigenvalue weighted by Gasteiger charge is -2.29. The Hall–Kier alpha value is -3.09.